The molecule has 1 atom stereocenters. The summed E-state index contributed by atoms with van der Waals surface area (Å²) in [5.41, 5.74) is 0.341. The Bertz CT molecular complexity index is 1050. The Morgan fingerprint density at radius 3 is 2.72 bits per heavy atom. The van der Waals surface area contributed by atoms with Crippen molar-refractivity contribution in [1.82, 2.24) is 5.32 Å². The number of fused-ring (bicyclic) bond motifs is 1. The molecule has 3 rings (SSSR count). The van der Waals surface area contributed by atoms with Gasteiger partial charge in [-0.2, -0.15) is 0 Å². The molecule has 2 aromatic carbocycles. The van der Waals surface area contributed by atoms with Gasteiger partial charge in [-0.05, 0) is 31.5 Å². The lowest BCUT2D eigenvalue weighted by molar-refractivity contribution is -0.385. The largest absolute Gasteiger partial charge is 0.476 e. The molecule has 0 bridgehead atoms. The van der Waals surface area contributed by atoms with Gasteiger partial charge in [0.05, 0.1) is 22.1 Å². The van der Waals surface area contributed by atoms with Gasteiger partial charge in [0.2, 0.25) is 0 Å². The summed E-state index contributed by atoms with van der Waals surface area (Å²) in [6.07, 6.45) is -0.309. The van der Waals surface area contributed by atoms with Gasteiger partial charge in [0.1, 0.15) is 5.75 Å². The summed E-state index contributed by atoms with van der Waals surface area (Å²) < 4.78 is 33.4. The minimum absolute atomic E-state index is 0.223. The van der Waals surface area contributed by atoms with Crippen LogP contribution < -0.4 is 14.4 Å². The molecule has 0 radical (unpaired) electrons. The normalized spacial score (nSPS) is 15.9. The van der Waals surface area contributed by atoms with Crippen LogP contribution in [0.5, 0.6) is 5.75 Å². The molecule has 2 aromatic rings. The van der Waals surface area contributed by atoms with Crippen LogP contribution in [0.3, 0.4) is 0 Å². The third-order valence-electron chi connectivity index (χ3n) is 4.54. The molecule has 0 saturated carbocycles. The lowest BCUT2D eigenvalue weighted by Gasteiger charge is -2.34. The van der Waals surface area contributed by atoms with Gasteiger partial charge in [-0.1, -0.05) is 25.1 Å². The van der Waals surface area contributed by atoms with E-state index in [9.17, 15) is 23.3 Å². The summed E-state index contributed by atoms with van der Waals surface area (Å²) >= 11 is 0. The molecule has 0 aromatic heterocycles. The Morgan fingerprint density at radius 1 is 1.31 bits per heavy atom. The number of ether oxygens (including phenoxy) is 1. The fourth-order valence-electron chi connectivity index (χ4n) is 3.00. The number of carbonyl (C=O) groups is 1. The summed E-state index contributed by atoms with van der Waals surface area (Å²) in [5, 5.41) is 13.9. The summed E-state index contributed by atoms with van der Waals surface area (Å²) in [6, 6.07) is 10.2. The first-order chi connectivity index (χ1) is 13.8. The quantitative estimate of drug-likeness (QED) is 0.567. The summed E-state index contributed by atoms with van der Waals surface area (Å²) in [4.78, 5) is 22.8. The highest BCUT2D eigenvalue weighted by atomic mass is 32.2. The highest BCUT2D eigenvalue weighted by Gasteiger charge is 2.37. The highest BCUT2D eigenvalue weighted by molar-refractivity contribution is 7.92. The van der Waals surface area contributed by atoms with Gasteiger partial charge >= 0.3 is 0 Å². The van der Waals surface area contributed by atoms with Crippen molar-refractivity contribution in [2.24, 2.45) is 0 Å². The van der Waals surface area contributed by atoms with Crippen LogP contribution in [-0.2, 0) is 14.8 Å². The Labute approximate surface area is 168 Å². The van der Waals surface area contributed by atoms with Crippen molar-refractivity contribution in [3.05, 3.63) is 58.1 Å². The Balaban J connectivity index is 2.04. The number of nitrogens with one attached hydrogen (secondary N) is 1. The maximum absolute atomic E-state index is 13.3. The fourth-order valence-corrected chi connectivity index (χ4v) is 4.50. The van der Waals surface area contributed by atoms with Gasteiger partial charge in [0.25, 0.3) is 21.6 Å². The molecule has 1 aliphatic heterocycles. The maximum Gasteiger partial charge on any atom is 0.273 e. The Kier molecular flexibility index (Phi) is 5.73. The number of sulfonamides is 1. The molecule has 1 amide bonds. The molecular weight excluding hydrogens is 398 g/mol. The fraction of sp³-hybridized carbons (Fsp3) is 0.316. The summed E-state index contributed by atoms with van der Waals surface area (Å²) in [5.74, 6) is -0.169. The zero-order valence-electron chi connectivity index (χ0n) is 16.0. The molecule has 1 unspecified atom stereocenters. The molecule has 1 aliphatic rings. The molecule has 29 heavy (non-hydrogen) atoms. The van der Waals surface area contributed by atoms with Gasteiger partial charge in [0.15, 0.2) is 6.10 Å². The smallest absolute Gasteiger partial charge is 0.273 e. The van der Waals surface area contributed by atoms with Crippen LogP contribution in [-0.4, -0.2) is 38.4 Å². The number of nitrogens with zero attached hydrogens (tertiary/aromatic N) is 2. The monoisotopic (exact) mass is 419 g/mol. The first-order valence-corrected chi connectivity index (χ1v) is 10.5. The van der Waals surface area contributed by atoms with E-state index in [4.69, 9.17) is 4.74 Å². The topological polar surface area (TPSA) is 119 Å². The van der Waals surface area contributed by atoms with E-state index in [0.717, 1.165) is 16.8 Å². The molecular formula is C19H21N3O6S. The number of nitro benzene ring substituents is 1. The van der Waals surface area contributed by atoms with E-state index < -0.39 is 27.0 Å². The van der Waals surface area contributed by atoms with Crippen LogP contribution in [0.15, 0.2) is 47.4 Å². The number of nitro groups is 1. The van der Waals surface area contributed by atoms with Crippen LogP contribution in [0.1, 0.15) is 18.9 Å². The van der Waals surface area contributed by atoms with E-state index in [-0.39, 0.29) is 28.6 Å². The van der Waals surface area contributed by atoms with Crippen molar-refractivity contribution in [2.75, 3.05) is 17.4 Å². The second-order valence-corrected chi connectivity index (χ2v) is 8.47. The molecule has 0 fully saturated rings. The number of hydrogen-bond acceptors (Lipinski definition) is 6. The van der Waals surface area contributed by atoms with Crippen molar-refractivity contribution < 1.29 is 22.9 Å². The van der Waals surface area contributed by atoms with Crippen molar-refractivity contribution in [1.29, 1.82) is 0 Å². The van der Waals surface area contributed by atoms with E-state index in [0.29, 0.717) is 12.1 Å². The number of anilines is 1. The second kappa shape index (κ2) is 8.08. The third kappa shape index (κ3) is 4.02. The van der Waals surface area contributed by atoms with Crippen molar-refractivity contribution in [2.45, 2.75) is 31.3 Å². The Hall–Kier alpha value is -3.14. The molecule has 9 nitrogen and oxygen atoms in total. The van der Waals surface area contributed by atoms with E-state index in [1.807, 2.05) is 6.92 Å². The van der Waals surface area contributed by atoms with E-state index in [2.05, 4.69) is 5.32 Å². The van der Waals surface area contributed by atoms with Gasteiger partial charge in [-0.3, -0.25) is 19.2 Å². The van der Waals surface area contributed by atoms with Crippen LogP contribution in [0.2, 0.25) is 0 Å². The second-order valence-electron chi connectivity index (χ2n) is 6.61. The van der Waals surface area contributed by atoms with Crippen molar-refractivity contribution >= 4 is 27.3 Å². The van der Waals surface area contributed by atoms with Crippen LogP contribution in [0, 0.1) is 17.0 Å². The van der Waals surface area contributed by atoms with E-state index >= 15 is 0 Å². The molecule has 154 valence electrons. The van der Waals surface area contributed by atoms with Crippen LogP contribution in [0.25, 0.3) is 0 Å². The number of carbonyl (C=O) groups excluding carboxylic acids is 1. The SMILES string of the molecule is CCCNC(=O)C1CN(S(=O)(=O)c2ccc(C)c([N+](=O)[O-])c2)c2ccccc2O1. The van der Waals surface area contributed by atoms with Gasteiger partial charge in [-0.15, -0.1) is 0 Å². The lowest BCUT2D eigenvalue weighted by Crippen LogP contribution is -2.50. The summed E-state index contributed by atoms with van der Waals surface area (Å²) in [7, 11) is -4.17. The number of para-hydroxylation sites is 2. The minimum atomic E-state index is -4.17. The van der Waals surface area contributed by atoms with Gasteiger partial charge in [0, 0.05) is 18.2 Å². The predicted octanol–water partition coefficient (Wildman–Crippen LogP) is 2.39. The molecule has 10 heteroatoms. The predicted molar refractivity (Wildman–Crippen MR) is 107 cm³/mol. The van der Waals surface area contributed by atoms with Gasteiger partial charge in [-0.25, -0.2) is 8.42 Å². The van der Waals surface area contributed by atoms with Crippen LogP contribution >= 0.6 is 0 Å². The summed E-state index contributed by atoms with van der Waals surface area (Å²) in [6.45, 7) is 3.64. The first kappa shape index (κ1) is 20.6. The number of aryl methyl sites for hydroxylation is 1. The number of hydrogen-bond donors (Lipinski definition) is 1. The molecule has 1 N–H and O–H groups in total. The molecule has 0 aliphatic carbocycles. The average Bonchev–Trinajstić information content (AvgIpc) is 2.71. The first-order valence-electron chi connectivity index (χ1n) is 9.07. The zero-order valence-corrected chi connectivity index (χ0v) is 16.8. The zero-order chi connectivity index (χ0) is 21.2. The number of benzene rings is 2. The molecule has 0 spiro atoms. The standard InChI is InChI=1S/C19H21N3O6S/c1-3-10-20-19(23)18-12-21(15-6-4-5-7-17(15)28-18)29(26,27)14-9-8-13(2)16(11-14)22(24)25/h4-9,11,18H,3,10,12H2,1-2H3,(H,20,23). The Morgan fingerprint density at radius 2 is 2.03 bits per heavy atom. The molecule has 0 saturated heterocycles. The minimum Gasteiger partial charge on any atom is -0.476 e. The number of rotatable bonds is 6. The lowest BCUT2D eigenvalue weighted by atomic mass is 10.2. The van der Waals surface area contributed by atoms with Crippen molar-refractivity contribution in [3.63, 3.8) is 0 Å². The van der Waals surface area contributed by atoms with Crippen molar-refractivity contribution in [3.8, 4) is 5.75 Å². The maximum atomic E-state index is 13.3. The van der Waals surface area contributed by atoms with Crippen LogP contribution in [0.4, 0.5) is 11.4 Å². The number of amides is 1. The van der Waals surface area contributed by atoms with E-state index in [1.165, 1.54) is 19.1 Å². The van der Waals surface area contributed by atoms with E-state index in [1.54, 1.807) is 24.3 Å². The van der Waals surface area contributed by atoms with Gasteiger partial charge < -0.3 is 10.1 Å². The third-order valence-corrected chi connectivity index (χ3v) is 6.32. The molecule has 1 heterocycles. The average molecular weight is 419 g/mol. The highest BCUT2D eigenvalue weighted by Crippen LogP contribution is 2.37.